The van der Waals surface area contributed by atoms with E-state index >= 15 is 0 Å². The number of hydrogen-bond acceptors (Lipinski definition) is 12. The van der Waals surface area contributed by atoms with Crippen LogP contribution in [0.3, 0.4) is 0 Å². The first-order chi connectivity index (χ1) is 16.9. The van der Waals surface area contributed by atoms with Gasteiger partial charge in [0.15, 0.2) is 10.7 Å². The number of aliphatic hydroxyl groups is 3. The molecule has 15 heteroatoms. The molecule has 0 saturated carbocycles. The molecule has 0 unspecified atom stereocenters. The number of carbonyl (C=O) groups excluding carboxylic acids is 1. The van der Waals surface area contributed by atoms with Crippen molar-refractivity contribution in [3.63, 3.8) is 0 Å². The van der Waals surface area contributed by atoms with Crippen molar-refractivity contribution < 1.29 is 33.3 Å². The van der Waals surface area contributed by atoms with Crippen molar-refractivity contribution in [2.75, 3.05) is 12.1 Å². The van der Waals surface area contributed by atoms with E-state index in [0.717, 1.165) is 47.9 Å². The van der Waals surface area contributed by atoms with Crippen LogP contribution in [-0.4, -0.2) is 55.3 Å². The standard InChI is InChI=1S/C21H17F3N6O4S2/c1-29(18-4-2-3-7-26-18)27-10-16-17(11-31)36-19(28-30(16)21(32,33)34)35-12-13-5-6-15(20(22,23)24)8-14(13)9-25/h2-8,10-11,32-34H,12H2,1H3/b27-10-. The minimum atomic E-state index is -4.61. The molecule has 0 fully saturated rings. The number of allylic oxidation sites excluding steroid dienone is 2. The summed E-state index contributed by atoms with van der Waals surface area (Å²) in [5.41, 5.74) is -1.16. The fourth-order valence-corrected chi connectivity index (χ4v) is 4.72. The fourth-order valence-electron chi connectivity index (χ4n) is 2.76. The molecule has 1 aliphatic heterocycles. The van der Waals surface area contributed by atoms with Crippen LogP contribution in [0.1, 0.15) is 16.7 Å². The van der Waals surface area contributed by atoms with E-state index in [0.29, 0.717) is 17.1 Å². The summed E-state index contributed by atoms with van der Waals surface area (Å²) >= 11 is 1.71. The van der Waals surface area contributed by atoms with Gasteiger partial charge in [0.25, 0.3) is 0 Å². The highest BCUT2D eigenvalue weighted by Crippen LogP contribution is 2.37. The molecule has 0 amide bonds. The molecule has 3 N–H and O–H groups in total. The Hall–Kier alpha value is -3.42. The highest BCUT2D eigenvalue weighted by molar-refractivity contribution is 8.40. The highest BCUT2D eigenvalue weighted by atomic mass is 32.2. The predicted molar refractivity (Wildman–Crippen MR) is 128 cm³/mol. The number of alkyl halides is 3. The second-order valence-electron chi connectivity index (χ2n) is 6.97. The number of hydrazone groups is 2. The number of benzene rings is 1. The summed E-state index contributed by atoms with van der Waals surface area (Å²) < 4.78 is 38.8. The van der Waals surface area contributed by atoms with Gasteiger partial charge >= 0.3 is 12.3 Å². The van der Waals surface area contributed by atoms with Crippen molar-refractivity contribution in [1.82, 2.24) is 9.99 Å². The van der Waals surface area contributed by atoms with Gasteiger partial charge in [-0.05, 0) is 29.8 Å². The predicted octanol–water partition coefficient (Wildman–Crippen LogP) is 2.65. The number of pyridine rings is 1. The van der Waals surface area contributed by atoms with Gasteiger partial charge in [-0.15, -0.1) is 0 Å². The lowest BCUT2D eigenvalue weighted by molar-refractivity contribution is -0.383. The highest BCUT2D eigenvalue weighted by Gasteiger charge is 2.37. The second kappa shape index (κ2) is 11.1. The van der Waals surface area contributed by atoms with Crippen molar-refractivity contribution in [2.45, 2.75) is 18.0 Å². The number of aromatic nitrogens is 1. The van der Waals surface area contributed by atoms with Crippen LogP contribution in [0, 0.1) is 11.3 Å². The van der Waals surface area contributed by atoms with Crippen LogP contribution in [0.4, 0.5) is 19.0 Å². The Labute approximate surface area is 211 Å². The molecule has 1 aromatic heterocycles. The maximum atomic E-state index is 12.9. The third-order valence-electron chi connectivity index (χ3n) is 4.49. The van der Waals surface area contributed by atoms with Gasteiger partial charge in [-0.25, -0.2) is 4.98 Å². The molecule has 1 aliphatic rings. The van der Waals surface area contributed by atoms with Crippen LogP contribution in [0.2, 0.25) is 0 Å². The van der Waals surface area contributed by atoms with Crippen molar-refractivity contribution in [1.29, 1.82) is 5.26 Å². The average molecular weight is 539 g/mol. The summed E-state index contributed by atoms with van der Waals surface area (Å²) in [5.74, 6) is 0.401. The Morgan fingerprint density at radius 2 is 2.03 bits per heavy atom. The van der Waals surface area contributed by atoms with Gasteiger partial charge in [0.2, 0.25) is 0 Å². The lowest BCUT2D eigenvalue weighted by Crippen LogP contribution is -2.47. The number of nitriles is 1. The Balaban J connectivity index is 1.84. The number of hydrogen-bond donors (Lipinski definition) is 3. The summed E-state index contributed by atoms with van der Waals surface area (Å²) in [7, 11) is 1.55. The number of carbonyl (C=O) groups is 1. The van der Waals surface area contributed by atoms with Crippen molar-refractivity contribution >= 4 is 46.2 Å². The number of thioether (sulfide) groups is 2. The fraction of sp³-hybridized carbons (Fsp3) is 0.190. The normalized spacial score (nSPS) is 14.6. The molecule has 36 heavy (non-hydrogen) atoms. The topological polar surface area (TPSA) is 146 Å². The van der Waals surface area contributed by atoms with E-state index in [4.69, 9.17) is 0 Å². The number of anilines is 1. The van der Waals surface area contributed by atoms with E-state index in [9.17, 15) is 38.5 Å². The molecule has 3 rings (SSSR count). The van der Waals surface area contributed by atoms with E-state index in [1.54, 1.807) is 31.3 Å². The minimum Gasteiger partial charge on any atom is -0.324 e. The van der Waals surface area contributed by atoms with Gasteiger partial charge in [0.05, 0.1) is 28.3 Å². The number of nitrogens with zero attached hydrogens (tertiary/aromatic N) is 6. The third kappa shape index (κ3) is 6.62. The monoisotopic (exact) mass is 538 g/mol. The molecule has 0 bridgehead atoms. The first-order valence-electron chi connectivity index (χ1n) is 9.79. The van der Waals surface area contributed by atoms with Crippen LogP contribution in [0.5, 0.6) is 0 Å². The van der Waals surface area contributed by atoms with E-state index in [1.807, 2.05) is 0 Å². The Bertz CT molecular complexity index is 1260. The quantitative estimate of drug-likeness (QED) is 0.208. The molecule has 0 aliphatic carbocycles. The van der Waals surface area contributed by atoms with Gasteiger partial charge in [-0.1, -0.05) is 35.7 Å². The van der Waals surface area contributed by atoms with Crippen molar-refractivity contribution in [3.8, 4) is 6.07 Å². The van der Waals surface area contributed by atoms with Gasteiger partial charge in [-0.3, -0.25) is 9.80 Å². The molecule has 0 saturated heterocycles. The third-order valence-corrected chi connectivity index (χ3v) is 6.66. The van der Waals surface area contributed by atoms with Crippen LogP contribution in [0.15, 0.2) is 63.4 Å². The summed E-state index contributed by atoms with van der Waals surface area (Å²) in [6, 6.07) is 9.49. The largest absolute Gasteiger partial charge is 0.416 e. The van der Waals surface area contributed by atoms with E-state index in [1.165, 1.54) is 11.2 Å². The van der Waals surface area contributed by atoms with Gasteiger partial charge in [0.1, 0.15) is 11.5 Å². The Morgan fingerprint density at radius 1 is 1.28 bits per heavy atom. The molecule has 188 valence electrons. The summed E-state index contributed by atoms with van der Waals surface area (Å²) in [6.45, 7) is 0. The smallest absolute Gasteiger partial charge is 0.324 e. The lowest BCUT2D eigenvalue weighted by atomic mass is 10.1. The molecule has 0 spiro atoms. The lowest BCUT2D eigenvalue weighted by Gasteiger charge is -2.31. The molecule has 2 heterocycles. The van der Waals surface area contributed by atoms with Crippen LogP contribution >= 0.6 is 23.5 Å². The number of aldehydes is 1. The summed E-state index contributed by atoms with van der Waals surface area (Å²) in [5, 5.41) is 48.4. The van der Waals surface area contributed by atoms with Crippen molar-refractivity contribution in [2.24, 2.45) is 10.2 Å². The van der Waals surface area contributed by atoms with Crippen LogP contribution < -0.4 is 5.01 Å². The van der Waals surface area contributed by atoms with E-state index in [-0.39, 0.29) is 31.9 Å². The van der Waals surface area contributed by atoms with Gasteiger partial charge in [-0.2, -0.15) is 33.6 Å². The van der Waals surface area contributed by atoms with Crippen molar-refractivity contribution in [3.05, 3.63) is 69.9 Å². The van der Waals surface area contributed by atoms with Gasteiger partial charge in [0, 0.05) is 19.0 Å². The zero-order valence-corrected chi connectivity index (χ0v) is 19.9. The summed E-state index contributed by atoms with van der Waals surface area (Å²) in [6.07, 6.45) is -5.14. The Morgan fingerprint density at radius 3 is 2.61 bits per heavy atom. The second-order valence-corrected chi connectivity index (χ2v) is 9.23. The zero-order valence-electron chi connectivity index (χ0n) is 18.3. The molecule has 0 atom stereocenters. The maximum absolute atomic E-state index is 12.9. The van der Waals surface area contributed by atoms with E-state index in [2.05, 4.69) is 15.2 Å². The van der Waals surface area contributed by atoms with E-state index < -0.39 is 17.8 Å². The zero-order chi connectivity index (χ0) is 26.5. The first kappa shape index (κ1) is 27.2. The number of halogens is 3. The molecule has 1 aromatic carbocycles. The molecule has 10 nitrogen and oxygen atoms in total. The first-order valence-corrected chi connectivity index (χ1v) is 11.6. The molecular formula is C21H17F3N6O4S2. The molecule has 2 aromatic rings. The minimum absolute atomic E-state index is 0.0338. The summed E-state index contributed by atoms with van der Waals surface area (Å²) in [4.78, 5) is 15.8. The SMILES string of the molecule is CN(/N=C\C1=C(C=O)SC(SCc2ccc(C(F)(F)F)cc2C#N)=NN1C(O)(O)O)c1ccccn1. The molecule has 0 radical (unpaired) electrons. The molecular weight excluding hydrogens is 521 g/mol. The average Bonchev–Trinajstić information content (AvgIpc) is 2.85. The Kier molecular flexibility index (Phi) is 8.38. The number of rotatable bonds is 7. The maximum Gasteiger partial charge on any atom is 0.416 e. The van der Waals surface area contributed by atoms with Gasteiger partial charge < -0.3 is 15.3 Å². The van der Waals surface area contributed by atoms with Crippen LogP contribution in [0.25, 0.3) is 0 Å². The van der Waals surface area contributed by atoms with Crippen LogP contribution in [-0.2, 0) is 16.7 Å².